The van der Waals surface area contributed by atoms with Gasteiger partial charge in [0.25, 0.3) is 0 Å². The van der Waals surface area contributed by atoms with Crippen LogP contribution in [0, 0.1) is 11.3 Å². The van der Waals surface area contributed by atoms with Crippen LogP contribution in [0.15, 0.2) is 30.7 Å². The Hall–Kier alpha value is -2.29. The molecular weight excluding hydrogens is 373 g/mol. The first-order valence-electron chi connectivity index (χ1n) is 8.24. The first kappa shape index (κ1) is 18.5. The van der Waals surface area contributed by atoms with Gasteiger partial charge in [-0.3, -0.25) is 9.97 Å². The second-order valence-electron chi connectivity index (χ2n) is 5.91. The molecule has 1 saturated carbocycles. The number of nitriles is 1. The molecule has 26 heavy (non-hydrogen) atoms. The lowest BCUT2D eigenvalue weighted by atomic mass is 10.0. The molecule has 0 spiro atoms. The summed E-state index contributed by atoms with van der Waals surface area (Å²) in [5.74, 6) is 1.14. The van der Waals surface area contributed by atoms with E-state index in [1.807, 2.05) is 6.07 Å². The third-order valence-corrected chi connectivity index (χ3v) is 4.83. The predicted octanol–water partition coefficient (Wildman–Crippen LogP) is 5.07. The molecule has 0 bridgehead atoms. The van der Waals surface area contributed by atoms with Crippen molar-refractivity contribution in [3.8, 4) is 17.6 Å². The Bertz CT molecular complexity index is 851. The zero-order chi connectivity index (χ0) is 18.5. The lowest BCUT2D eigenvalue weighted by Crippen LogP contribution is -2.12. The van der Waals surface area contributed by atoms with Gasteiger partial charge in [-0.2, -0.15) is 5.26 Å². The summed E-state index contributed by atoms with van der Waals surface area (Å²) in [4.78, 5) is 8.36. The van der Waals surface area contributed by atoms with E-state index in [0.717, 1.165) is 25.7 Å². The van der Waals surface area contributed by atoms with Gasteiger partial charge in [-0.15, -0.1) is 0 Å². The summed E-state index contributed by atoms with van der Waals surface area (Å²) in [6.45, 7) is 0. The Balaban J connectivity index is 2.05. The van der Waals surface area contributed by atoms with Crippen LogP contribution in [0.4, 0.5) is 0 Å². The van der Waals surface area contributed by atoms with Crippen LogP contribution in [0.2, 0.25) is 10.0 Å². The van der Waals surface area contributed by atoms with Crippen molar-refractivity contribution in [3.05, 3.63) is 52.0 Å². The van der Waals surface area contributed by atoms with E-state index in [9.17, 15) is 5.26 Å². The first-order chi connectivity index (χ1) is 12.6. The van der Waals surface area contributed by atoms with Crippen molar-refractivity contribution in [2.45, 2.75) is 31.8 Å². The molecule has 2 aromatic heterocycles. The van der Waals surface area contributed by atoms with Crippen molar-refractivity contribution in [1.82, 2.24) is 9.97 Å². The Morgan fingerprint density at radius 2 is 1.88 bits per heavy atom. The average Bonchev–Trinajstić information content (AvgIpc) is 3.14. The van der Waals surface area contributed by atoms with E-state index in [1.165, 1.54) is 18.5 Å². The van der Waals surface area contributed by atoms with Gasteiger partial charge in [0.2, 0.25) is 0 Å². The number of hydrogen-bond donors (Lipinski definition) is 0. The fraction of sp³-hybridized carbons (Fsp3) is 0.316. The molecular formula is C19H17Cl2N3O2. The fourth-order valence-corrected chi connectivity index (χ4v) is 3.58. The summed E-state index contributed by atoms with van der Waals surface area (Å²) < 4.78 is 11.5. The molecule has 0 radical (unpaired) electrons. The van der Waals surface area contributed by atoms with E-state index in [-0.39, 0.29) is 6.10 Å². The second-order valence-corrected chi connectivity index (χ2v) is 6.72. The van der Waals surface area contributed by atoms with E-state index in [4.69, 9.17) is 32.7 Å². The molecule has 0 aromatic carbocycles. The van der Waals surface area contributed by atoms with Crippen LogP contribution in [0.25, 0.3) is 5.57 Å². The maximum atomic E-state index is 9.23. The van der Waals surface area contributed by atoms with Gasteiger partial charge >= 0.3 is 0 Å². The van der Waals surface area contributed by atoms with E-state index >= 15 is 0 Å². The van der Waals surface area contributed by atoms with Gasteiger partial charge in [-0.05, 0) is 25.7 Å². The molecule has 2 heterocycles. The summed E-state index contributed by atoms with van der Waals surface area (Å²) in [7, 11) is 1.57. The molecule has 0 atom stereocenters. The normalized spacial score (nSPS) is 14.9. The molecule has 3 rings (SSSR count). The molecule has 134 valence electrons. The lowest BCUT2D eigenvalue weighted by molar-refractivity contribution is 0.200. The molecule has 1 fully saturated rings. The van der Waals surface area contributed by atoms with Crippen LogP contribution in [0.3, 0.4) is 0 Å². The highest BCUT2D eigenvalue weighted by Crippen LogP contribution is 2.37. The molecule has 0 amide bonds. The Morgan fingerprint density at radius 3 is 2.50 bits per heavy atom. The summed E-state index contributed by atoms with van der Waals surface area (Å²) in [5.41, 5.74) is 1.54. The number of pyridine rings is 2. The molecule has 7 heteroatoms. The molecule has 1 aliphatic carbocycles. The minimum Gasteiger partial charge on any atom is -0.491 e. The van der Waals surface area contributed by atoms with Crippen LogP contribution >= 0.6 is 23.2 Å². The van der Waals surface area contributed by atoms with Crippen LogP contribution in [0.5, 0.6) is 11.5 Å². The highest BCUT2D eigenvalue weighted by atomic mass is 35.5. The van der Waals surface area contributed by atoms with Crippen LogP contribution in [-0.4, -0.2) is 23.2 Å². The largest absolute Gasteiger partial charge is 0.491 e. The number of rotatable bonds is 5. The Morgan fingerprint density at radius 1 is 1.19 bits per heavy atom. The van der Waals surface area contributed by atoms with E-state index in [0.29, 0.717) is 38.4 Å². The Labute approximate surface area is 162 Å². The molecule has 5 nitrogen and oxygen atoms in total. The molecule has 2 aromatic rings. The smallest absolute Gasteiger partial charge is 0.179 e. The predicted molar refractivity (Wildman–Crippen MR) is 101 cm³/mol. The average molecular weight is 390 g/mol. The van der Waals surface area contributed by atoms with Crippen molar-refractivity contribution in [1.29, 1.82) is 5.26 Å². The summed E-state index contributed by atoms with van der Waals surface area (Å²) in [5, 5.41) is 9.91. The second kappa shape index (κ2) is 8.39. The van der Waals surface area contributed by atoms with Crippen LogP contribution < -0.4 is 9.47 Å². The van der Waals surface area contributed by atoms with Gasteiger partial charge in [0, 0.05) is 35.7 Å². The monoisotopic (exact) mass is 389 g/mol. The number of aromatic nitrogens is 2. The van der Waals surface area contributed by atoms with Crippen molar-refractivity contribution in [2.24, 2.45) is 0 Å². The van der Waals surface area contributed by atoms with Crippen LogP contribution in [-0.2, 0) is 0 Å². The van der Waals surface area contributed by atoms with E-state index < -0.39 is 0 Å². The molecule has 0 N–H and O–H groups in total. The topological polar surface area (TPSA) is 68.0 Å². The number of hydrogen-bond acceptors (Lipinski definition) is 5. The van der Waals surface area contributed by atoms with Gasteiger partial charge in [0.15, 0.2) is 11.5 Å². The van der Waals surface area contributed by atoms with Crippen molar-refractivity contribution in [2.75, 3.05) is 7.11 Å². The summed E-state index contributed by atoms with van der Waals surface area (Å²) >= 11 is 12.5. The lowest BCUT2D eigenvalue weighted by Gasteiger charge is -2.17. The van der Waals surface area contributed by atoms with Gasteiger partial charge in [-0.25, -0.2) is 0 Å². The van der Waals surface area contributed by atoms with Gasteiger partial charge in [-0.1, -0.05) is 23.2 Å². The quantitative estimate of drug-likeness (QED) is 0.667. The molecule has 0 saturated heterocycles. The van der Waals surface area contributed by atoms with Crippen LogP contribution in [0.1, 0.15) is 36.9 Å². The maximum absolute atomic E-state index is 9.23. The SMILES string of the molecule is COc1cnc(/C(=C\C#N)c2c(Cl)cncc2Cl)cc1OC1CCCC1. The molecule has 0 unspecified atom stereocenters. The zero-order valence-corrected chi connectivity index (χ0v) is 15.7. The third-order valence-electron chi connectivity index (χ3n) is 4.25. The van der Waals surface area contributed by atoms with Gasteiger partial charge < -0.3 is 9.47 Å². The van der Waals surface area contributed by atoms with Gasteiger partial charge in [0.1, 0.15) is 0 Å². The minimum absolute atomic E-state index is 0.163. The fourth-order valence-electron chi connectivity index (χ4n) is 3.01. The van der Waals surface area contributed by atoms with Crippen molar-refractivity contribution in [3.63, 3.8) is 0 Å². The molecule has 0 aliphatic heterocycles. The van der Waals surface area contributed by atoms with Crippen molar-refractivity contribution < 1.29 is 9.47 Å². The number of nitrogens with zero attached hydrogens (tertiary/aromatic N) is 3. The van der Waals surface area contributed by atoms with E-state index in [1.54, 1.807) is 19.4 Å². The maximum Gasteiger partial charge on any atom is 0.179 e. The molecule has 1 aliphatic rings. The third kappa shape index (κ3) is 3.92. The first-order valence-corrected chi connectivity index (χ1v) is 9.00. The summed E-state index contributed by atoms with van der Waals surface area (Å²) in [6, 6.07) is 3.79. The summed E-state index contributed by atoms with van der Waals surface area (Å²) in [6.07, 6.45) is 10.4. The van der Waals surface area contributed by atoms with Crippen molar-refractivity contribution >= 4 is 28.8 Å². The van der Waals surface area contributed by atoms with Gasteiger partial charge in [0.05, 0.1) is 41.2 Å². The standard InChI is InChI=1S/C19H17Cl2N3O2/c1-25-18-11-24-16(8-17(18)26-12-4-2-3-5-12)13(6-7-22)19-14(20)9-23-10-15(19)21/h6,8-12H,2-5H2,1H3/b13-6+. The van der Waals surface area contributed by atoms with E-state index in [2.05, 4.69) is 9.97 Å². The highest BCUT2D eigenvalue weighted by molar-refractivity contribution is 6.37. The Kier molecular flexibility index (Phi) is 5.97. The zero-order valence-electron chi connectivity index (χ0n) is 14.2. The number of allylic oxidation sites excluding steroid dienone is 1. The number of methoxy groups -OCH3 is 1. The highest BCUT2D eigenvalue weighted by Gasteiger charge is 2.21. The number of ether oxygens (including phenoxy) is 2. The number of halogens is 2. The minimum atomic E-state index is 0.163.